The van der Waals surface area contributed by atoms with Crippen molar-refractivity contribution in [1.82, 2.24) is 10.6 Å². The fourth-order valence-corrected chi connectivity index (χ4v) is 3.97. The molecule has 8 heteroatoms. The molecule has 32 heavy (non-hydrogen) atoms. The lowest BCUT2D eigenvalue weighted by molar-refractivity contribution is -0.146. The van der Waals surface area contributed by atoms with Gasteiger partial charge in [-0.05, 0) is 28.7 Å². The van der Waals surface area contributed by atoms with Gasteiger partial charge < -0.3 is 25.6 Å². The molecule has 2 atom stereocenters. The number of carbonyl (C=O) groups is 3. The summed E-state index contributed by atoms with van der Waals surface area (Å²) in [6.07, 6.45) is -1.02. The highest BCUT2D eigenvalue weighted by molar-refractivity contribution is 5.80. The number of rotatable bonds is 10. The highest BCUT2D eigenvalue weighted by Gasteiger charge is 2.29. The molecule has 0 saturated heterocycles. The van der Waals surface area contributed by atoms with Crippen LogP contribution in [0.15, 0.2) is 48.5 Å². The van der Waals surface area contributed by atoms with E-state index >= 15 is 0 Å². The van der Waals surface area contributed by atoms with Crippen molar-refractivity contribution < 1.29 is 29.3 Å². The lowest BCUT2D eigenvalue weighted by atomic mass is 9.98. The number of hydrogen-bond donors (Lipinski definition) is 4. The third kappa shape index (κ3) is 5.64. The van der Waals surface area contributed by atoms with Crippen LogP contribution in [0.4, 0.5) is 4.79 Å². The number of carboxylic acids is 1. The van der Waals surface area contributed by atoms with E-state index in [1.165, 1.54) is 0 Å². The molecule has 2 amide bonds. The Hall–Kier alpha value is -3.39. The highest BCUT2D eigenvalue weighted by Crippen LogP contribution is 2.44. The molecule has 8 nitrogen and oxygen atoms in total. The lowest BCUT2D eigenvalue weighted by Gasteiger charge is -2.19. The molecule has 2 aromatic carbocycles. The molecule has 0 fully saturated rings. The lowest BCUT2D eigenvalue weighted by Crippen LogP contribution is -2.42. The van der Waals surface area contributed by atoms with Gasteiger partial charge in [0.2, 0.25) is 5.91 Å². The monoisotopic (exact) mass is 440 g/mol. The van der Waals surface area contributed by atoms with Gasteiger partial charge in [0.1, 0.15) is 6.61 Å². The number of carboxylic acid groups (broad SMARTS) is 1. The minimum atomic E-state index is -1.67. The van der Waals surface area contributed by atoms with Crippen molar-refractivity contribution in [2.75, 3.05) is 13.2 Å². The normalized spacial score (nSPS) is 14.1. The van der Waals surface area contributed by atoms with E-state index in [1.54, 1.807) is 0 Å². The zero-order chi connectivity index (χ0) is 23.1. The van der Waals surface area contributed by atoms with Crippen LogP contribution < -0.4 is 10.6 Å². The maximum absolute atomic E-state index is 12.5. The Kier molecular flexibility index (Phi) is 7.83. The average molecular weight is 440 g/mol. The van der Waals surface area contributed by atoms with Crippen molar-refractivity contribution in [1.29, 1.82) is 0 Å². The number of aliphatic hydroxyl groups excluding tert-OH is 1. The van der Waals surface area contributed by atoms with Crippen molar-refractivity contribution in [2.45, 2.75) is 44.2 Å². The second-order valence-corrected chi connectivity index (χ2v) is 7.82. The maximum Gasteiger partial charge on any atom is 0.407 e. The minimum absolute atomic E-state index is 0.0373. The molecule has 0 spiro atoms. The van der Waals surface area contributed by atoms with Crippen LogP contribution in [0.2, 0.25) is 0 Å². The topological polar surface area (TPSA) is 125 Å². The van der Waals surface area contributed by atoms with E-state index in [0.29, 0.717) is 6.42 Å². The minimum Gasteiger partial charge on any atom is -0.479 e. The first-order valence-electron chi connectivity index (χ1n) is 10.7. The Bertz CT molecular complexity index is 931. The van der Waals surface area contributed by atoms with Crippen molar-refractivity contribution in [2.24, 2.45) is 0 Å². The van der Waals surface area contributed by atoms with Gasteiger partial charge in [0.05, 0.1) is 6.54 Å². The van der Waals surface area contributed by atoms with Crippen LogP contribution in [0, 0.1) is 0 Å². The van der Waals surface area contributed by atoms with Gasteiger partial charge >= 0.3 is 12.1 Å². The Morgan fingerprint density at radius 1 is 1.03 bits per heavy atom. The summed E-state index contributed by atoms with van der Waals surface area (Å²) in [5.74, 6) is -1.92. The fourth-order valence-electron chi connectivity index (χ4n) is 3.97. The highest BCUT2D eigenvalue weighted by atomic mass is 16.5. The SMILES string of the molecule is CCC[C@@H](CC(=O)NC[C@H](O)C(=O)O)NC(=O)OCC1c2ccccc2-c2ccccc21. The van der Waals surface area contributed by atoms with E-state index in [1.807, 2.05) is 43.3 Å². The molecule has 0 aromatic heterocycles. The van der Waals surface area contributed by atoms with E-state index in [4.69, 9.17) is 9.84 Å². The molecule has 4 N–H and O–H groups in total. The first kappa shape index (κ1) is 23.3. The van der Waals surface area contributed by atoms with Crippen molar-refractivity contribution in [3.05, 3.63) is 59.7 Å². The molecule has 0 aliphatic heterocycles. The molecule has 2 aromatic rings. The average Bonchev–Trinajstić information content (AvgIpc) is 3.10. The van der Waals surface area contributed by atoms with Gasteiger partial charge in [-0.3, -0.25) is 4.79 Å². The van der Waals surface area contributed by atoms with Crippen LogP contribution in [-0.2, 0) is 14.3 Å². The number of hydrogen-bond acceptors (Lipinski definition) is 5. The van der Waals surface area contributed by atoms with Gasteiger partial charge in [-0.1, -0.05) is 61.9 Å². The van der Waals surface area contributed by atoms with E-state index in [2.05, 4.69) is 22.8 Å². The summed E-state index contributed by atoms with van der Waals surface area (Å²) in [5, 5.41) is 23.0. The van der Waals surface area contributed by atoms with Gasteiger partial charge in [-0.2, -0.15) is 0 Å². The summed E-state index contributed by atoms with van der Waals surface area (Å²) in [6.45, 7) is 1.71. The predicted molar refractivity (Wildman–Crippen MR) is 118 cm³/mol. The summed E-state index contributed by atoms with van der Waals surface area (Å²) in [4.78, 5) is 35.2. The predicted octanol–water partition coefficient (Wildman–Crippen LogP) is 2.65. The fraction of sp³-hybridized carbons (Fsp3) is 0.375. The smallest absolute Gasteiger partial charge is 0.407 e. The quantitative estimate of drug-likeness (QED) is 0.450. The number of fused-ring (bicyclic) bond motifs is 3. The maximum atomic E-state index is 12.5. The first-order valence-corrected chi connectivity index (χ1v) is 10.7. The molecule has 0 heterocycles. The Labute approximate surface area is 186 Å². The van der Waals surface area contributed by atoms with Crippen LogP contribution in [0.1, 0.15) is 43.2 Å². The number of carbonyl (C=O) groups excluding carboxylic acids is 2. The third-order valence-electron chi connectivity index (χ3n) is 5.51. The van der Waals surface area contributed by atoms with Crippen LogP contribution in [-0.4, -0.2) is 53.5 Å². The molecule has 0 radical (unpaired) electrons. The largest absolute Gasteiger partial charge is 0.479 e. The zero-order valence-corrected chi connectivity index (χ0v) is 17.9. The number of alkyl carbamates (subject to hydrolysis) is 1. The van der Waals surface area contributed by atoms with Gasteiger partial charge in [0, 0.05) is 18.4 Å². The Morgan fingerprint density at radius 3 is 2.19 bits per heavy atom. The number of amides is 2. The number of aliphatic hydroxyl groups is 1. The number of nitrogens with one attached hydrogen (secondary N) is 2. The standard InChI is InChI=1S/C24H28N2O6/c1-2-7-15(12-22(28)25-13-21(27)23(29)30)26-24(31)32-14-20-18-10-5-3-8-16(18)17-9-4-6-11-19(17)20/h3-6,8-11,15,20-21,27H,2,7,12-14H2,1H3,(H,25,28)(H,26,31)(H,29,30)/t15-,21-/m0/s1. The van der Waals surface area contributed by atoms with E-state index in [9.17, 15) is 19.5 Å². The molecule has 1 aliphatic carbocycles. The van der Waals surface area contributed by atoms with Gasteiger partial charge in [-0.15, -0.1) is 0 Å². The molecule has 0 bridgehead atoms. The summed E-state index contributed by atoms with van der Waals surface area (Å²) in [6, 6.07) is 15.6. The van der Waals surface area contributed by atoms with Crippen LogP contribution >= 0.6 is 0 Å². The zero-order valence-electron chi connectivity index (χ0n) is 17.9. The van der Waals surface area contributed by atoms with Crippen LogP contribution in [0.5, 0.6) is 0 Å². The molecule has 170 valence electrons. The van der Waals surface area contributed by atoms with Gasteiger partial charge in [0.15, 0.2) is 6.10 Å². The molecular weight excluding hydrogens is 412 g/mol. The van der Waals surface area contributed by atoms with Gasteiger partial charge in [0.25, 0.3) is 0 Å². The summed E-state index contributed by atoms with van der Waals surface area (Å²) >= 11 is 0. The van der Waals surface area contributed by atoms with Crippen molar-refractivity contribution in [3.8, 4) is 11.1 Å². The third-order valence-corrected chi connectivity index (χ3v) is 5.51. The van der Waals surface area contributed by atoms with E-state index in [0.717, 1.165) is 28.7 Å². The summed E-state index contributed by atoms with van der Waals surface area (Å²) < 4.78 is 5.53. The molecular formula is C24H28N2O6. The Morgan fingerprint density at radius 2 is 1.62 bits per heavy atom. The Balaban J connectivity index is 1.56. The summed E-state index contributed by atoms with van der Waals surface area (Å²) in [5.41, 5.74) is 4.51. The van der Waals surface area contributed by atoms with Crippen LogP contribution in [0.25, 0.3) is 11.1 Å². The van der Waals surface area contributed by atoms with Crippen LogP contribution in [0.3, 0.4) is 0 Å². The number of ether oxygens (including phenoxy) is 1. The molecule has 3 rings (SSSR count). The second kappa shape index (κ2) is 10.8. The number of aliphatic carboxylic acids is 1. The molecule has 0 unspecified atom stereocenters. The van der Waals surface area contributed by atoms with Crippen molar-refractivity contribution >= 4 is 18.0 Å². The first-order chi connectivity index (χ1) is 15.4. The van der Waals surface area contributed by atoms with E-state index in [-0.39, 0.29) is 18.9 Å². The van der Waals surface area contributed by atoms with E-state index < -0.39 is 36.7 Å². The van der Waals surface area contributed by atoms with Gasteiger partial charge in [-0.25, -0.2) is 9.59 Å². The summed E-state index contributed by atoms with van der Waals surface area (Å²) in [7, 11) is 0. The molecule has 1 aliphatic rings. The van der Waals surface area contributed by atoms with Crippen molar-refractivity contribution in [3.63, 3.8) is 0 Å². The molecule has 0 saturated carbocycles. The second-order valence-electron chi connectivity index (χ2n) is 7.82. The number of benzene rings is 2.